The fraction of sp³-hybridized carbons (Fsp3) is 0.406. The van der Waals surface area contributed by atoms with Gasteiger partial charge in [0, 0.05) is 51.2 Å². The molecule has 2 aliphatic heterocycles. The number of carbonyl (C=O) groups excluding carboxylic acids is 1. The Kier molecular flexibility index (Phi) is 10.4. The van der Waals surface area contributed by atoms with Gasteiger partial charge in [0.1, 0.15) is 11.5 Å². The van der Waals surface area contributed by atoms with Crippen molar-refractivity contribution in [2.24, 2.45) is 0 Å². The van der Waals surface area contributed by atoms with E-state index in [1.807, 2.05) is 48.5 Å². The van der Waals surface area contributed by atoms with Gasteiger partial charge in [0.25, 0.3) is 0 Å². The Hall–Kier alpha value is -1.94. The van der Waals surface area contributed by atoms with E-state index < -0.39 is 5.60 Å². The summed E-state index contributed by atoms with van der Waals surface area (Å²) in [6, 6.07) is 17.6. The fourth-order valence-corrected chi connectivity index (χ4v) is 6.27. The van der Waals surface area contributed by atoms with Crippen molar-refractivity contribution in [2.45, 2.75) is 37.8 Å². The molecule has 41 heavy (non-hydrogen) atoms. The predicted molar refractivity (Wildman–Crippen MR) is 167 cm³/mol. The summed E-state index contributed by atoms with van der Waals surface area (Å²) < 4.78 is 25.8. The highest BCUT2D eigenvalue weighted by atomic mass is 79.9. The quantitative estimate of drug-likeness (QED) is 0.0961. The van der Waals surface area contributed by atoms with E-state index in [1.165, 1.54) is 0 Å². The summed E-state index contributed by atoms with van der Waals surface area (Å²) in [5.74, 6) is 1.70. The van der Waals surface area contributed by atoms with E-state index in [0.29, 0.717) is 43.4 Å². The molecule has 218 valence electrons. The Morgan fingerprint density at radius 3 is 2.15 bits per heavy atom. The van der Waals surface area contributed by atoms with E-state index in [9.17, 15) is 4.79 Å². The van der Waals surface area contributed by atoms with Crippen LogP contribution < -0.4 is 4.74 Å². The van der Waals surface area contributed by atoms with Crippen molar-refractivity contribution >= 4 is 49.4 Å². The molecule has 9 heteroatoms. The van der Waals surface area contributed by atoms with Crippen LogP contribution in [0.1, 0.15) is 58.3 Å². The lowest BCUT2D eigenvalue weighted by molar-refractivity contribution is 0.0224. The van der Waals surface area contributed by atoms with Crippen molar-refractivity contribution in [3.8, 4) is 11.5 Å². The van der Waals surface area contributed by atoms with Gasteiger partial charge in [-0.25, -0.2) is 4.79 Å². The molecular formula is C32H34Br2ClNO5. The number of hydrogen-bond donors (Lipinski definition) is 0. The van der Waals surface area contributed by atoms with Crippen LogP contribution in [0.5, 0.6) is 11.5 Å². The van der Waals surface area contributed by atoms with Crippen LogP contribution in [0.15, 0.2) is 63.5 Å². The van der Waals surface area contributed by atoms with Gasteiger partial charge in [-0.3, -0.25) is 4.90 Å². The molecule has 3 aromatic rings. The summed E-state index contributed by atoms with van der Waals surface area (Å²) in [5, 5.41) is 0. The van der Waals surface area contributed by atoms with Gasteiger partial charge in [-0.2, -0.15) is 0 Å². The standard InChI is InChI=1S/C32H34Br2ClNO5/c1-36(13-15-39-17-16-38-14-5-3-2-4-12-35)21-22-6-9-25-28(18-22)32(41-31(25)37)26-10-7-23(33)19-29(26)40-30-20-24(34)8-11-27(30)32/h6-11,18-20H,2-5,12-17,21H2,1H3. The number of hydrogen-bond acceptors (Lipinski definition) is 6. The molecule has 0 bridgehead atoms. The second kappa shape index (κ2) is 14.0. The second-order valence-corrected chi connectivity index (χ2v) is 12.6. The number of ether oxygens (including phenoxy) is 4. The molecule has 0 atom stereocenters. The average Bonchev–Trinajstić information content (AvgIpc) is 3.23. The van der Waals surface area contributed by atoms with Gasteiger partial charge in [0.15, 0.2) is 5.60 Å². The third-order valence-electron chi connectivity index (χ3n) is 7.41. The van der Waals surface area contributed by atoms with Crippen LogP contribution in [0.4, 0.5) is 0 Å². The van der Waals surface area contributed by atoms with Crippen LogP contribution >= 0.6 is 43.5 Å². The highest BCUT2D eigenvalue weighted by molar-refractivity contribution is 9.10. The van der Waals surface area contributed by atoms with E-state index in [0.717, 1.165) is 75.9 Å². The zero-order chi connectivity index (χ0) is 28.8. The second-order valence-electron chi connectivity index (χ2n) is 10.4. The van der Waals surface area contributed by atoms with Gasteiger partial charge >= 0.3 is 5.97 Å². The number of fused-ring (bicyclic) bond motifs is 6. The molecule has 0 amide bonds. The summed E-state index contributed by atoms with van der Waals surface area (Å²) in [5.41, 5.74) is 3.02. The molecule has 0 unspecified atom stereocenters. The Morgan fingerprint density at radius 2 is 1.46 bits per heavy atom. The third kappa shape index (κ3) is 6.84. The molecule has 0 saturated heterocycles. The van der Waals surface area contributed by atoms with Gasteiger partial charge in [0.2, 0.25) is 0 Å². The first-order valence-electron chi connectivity index (χ1n) is 14.0. The Morgan fingerprint density at radius 1 is 0.805 bits per heavy atom. The number of unbranched alkanes of at least 4 members (excludes halogenated alkanes) is 3. The summed E-state index contributed by atoms with van der Waals surface area (Å²) in [7, 11) is 2.07. The Bertz CT molecular complexity index is 1330. The van der Waals surface area contributed by atoms with Crippen LogP contribution in [-0.4, -0.2) is 56.8 Å². The minimum atomic E-state index is -1.08. The normalized spacial score (nSPS) is 14.5. The topological polar surface area (TPSA) is 57.2 Å². The number of carbonyl (C=O) groups is 1. The predicted octanol–water partition coefficient (Wildman–Crippen LogP) is 8.04. The van der Waals surface area contributed by atoms with Crippen LogP contribution in [0, 0.1) is 0 Å². The van der Waals surface area contributed by atoms with Crippen molar-refractivity contribution in [1.29, 1.82) is 0 Å². The number of benzene rings is 3. The van der Waals surface area contributed by atoms with Crippen molar-refractivity contribution < 1.29 is 23.7 Å². The monoisotopic (exact) mass is 705 g/mol. The summed E-state index contributed by atoms with van der Waals surface area (Å²) >= 11 is 12.8. The van der Waals surface area contributed by atoms with Gasteiger partial charge in [0.05, 0.1) is 25.4 Å². The first kappa shape index (κ1) is 30.5. The number of halogens is 3. The van der Waals surface area contributed by atoms with Gasteiger partial charge < -0.3 is 18.9 Å². The lowest BCUT2D eigenvalue weighted by Crippen LogP contribution is -2.33. The van der Waals surface area contributed by atoms with Crippen molar-refractivity contribution in [1.82, 2.24) is 4.90 Å². The van der Waals surface area contributed by atoms with Crippen LogP contribution in [-0.2, 0) is 26.4 Å². The first-order chi connectivity index (χ1) is 19.9. The minimum Gasteiger partial charge on any atom is -0.456 e. The average molecular weight is 708 g/mol. The van der Waals surface area contributed by atoms with E-state index >= 15 is 0 Å². The largest absolute Gasteiger partial charge is 0.456 e. The van der Waals surface area contributed by atoms with Gasteiger partial charge in [-0.15, -0.1) is 11.6 Å². The molecule has 0 fully saturated rings. The zero-order valence-corrected chi connectivity index (χ0v) is 27.0. The molecule has 0 saturated carbocycles. The Labute approximate surface area is 263 Å². The minimum absolute atomic E-state index is 0.338. The number of esters is 1. The molecule has 0 aliphatic carbocycles. The fourth-order valence-electron chi connectivity index (χ4n) is 5.40. The van der Waals surface area contributed by atoms with Crippen LogP contribution in [0.3, 0.4) is 0 Å². The molecule has 2 heterocycles. The highest BCUT2D eigenvalue weighted by Crippen LogP contribution is 2.56. The van der Waals surface area contributed by atoms with Gasteiger partial charge in [-0.1, -0.05) is 50.8 Å². The van der Waals surface area contributed by atoms with E-state index in [4.69, 9.17) is 30.5 Å². The third-order valence-corrected chi connectivity index (χ3v) is 8.66. The van der Waals surface area contributed by atoms with E-state index in [1.54, 1.807) is 0 Å². The van der Waals surface area contributed by atoms with E-state index in [2.05, 4.69) is 49.9 Å². The maximum Gasteiger partial charge on any atom is 0.340 e. The molecule has 2 aliphatic rings. The maximum absolute atomic E-state index is 13.2. The lowest BCUT2D eigenvalue weighted by Gasteiger charge is -2.36. The zero-order valence-electron chi connectivity index (χ0n) is 23.1. The Balaban J connectivity index is 1.25. The van der Waals surface area contributed by atoms with Crippen LogP contribution in [0.2, 0.25) is 0 Å². The number of nitrogens with zero attached hydrogens (tertiary/aromatic N) is 1. The summed E-state index contributed by atoms with van der Waals surface area (Å²) in [4.78, 5) is 15.4. The molecule has 0 aromatic heterocycles. The molecule has 0 N–H and O–H groups in total. The van der Waals surface area contributed by atoms with Crippen LogP contribution in [0.25, 0.3) is 0 Å². The molecule has 5 rings (SSSR count). The van der Waals surface area contributed by atoms with Crippen molar-refractivity contribution in [2.75, 3.05) is 45.9 Å². The number of alkyl halides is 1. The first-order valence-corrected chi connectivity index (χ1v) is 16.1. The summed E-state index contributed by atoms with van der Waals surface area (Å²) in [6.07, 6.45) is 4.46. The lowest BCUT2D eigenvalue weighted by atomic mass is 9.77. The van der Waals surface area contributed by atoms with Crippen molar-refractivity contribution in [3.63, 3.8) is 0 Å². The molecule has 0 radical (unpaired) electrons. The molecule has 6 nitrogen and oxygen atoms in total. The number of rotatable bonds is 14. The highest BCUT2D eigenvalue weighted by Gasteiger charge is 2.53. The number of likely N-dealkylation sites (N-methyl/N-ethyl adjacent to an activating group) is 1. The molecule has 1 spiro atoms. The van der Waals surface area contributed by atoms with E-state index in [-0.39, 0.29) is 5.97 Å². The SMILES string of the molecule is CN(CCOCCOCCCCCCCl)Cc1ccc2c(c1)C1(OC2=O)c2ccc(Br)cc2Oc2cc(Br)ccc21. The van der Waals surface area contributed by atoms with Crippen molar-refractivity contribution in [3.05, 3.63) is 91.4 Å². The maximum atomic E-state index is 13.2. The smallest absolute Gasteiger partial charge is 0.340 e. The van der Waals surface area contributed by atoms with Gasteiger partial charge in [-0.05, 0) is 74.0 Å². The molecule has 3 aromatic carbocycles. The molecular weight excluding hydrogens is 674 g/mol. The summed E-state index contributed by atoms with van der Waals surface area (Å²) in [6.45, 7) is 4.07.